The van der Waals surface area contributed by atoms with Crippen LogP contribution >= 0.6 is 23.2 Å². The molecule has 1 atom stereocenters. The summed E-state index contributed by atoms with van der Waals surface area (Å²) in [4.78, 5) is 12.2. The highest BCUT2D eigenvalue weighted by Crippen LogP contribution is 2.28. The summed E-state index contributed by atoms with van der Waals surface area (Å²) in [5.41, 5.74) is 1.85. The number of para-hydroxylation sites is 1. The topological polar surface area (TPSA) is 56.1 Å². The average molecular weight is 390 g/mol. The van der Waals surface area contributed by atoms with Crippen LogP contribution in [0.5, 0.6) is 5.75 Å². The second-order valence-electron chi connectivity index (χ2n) is 5.68. The van der Waals surface area contributed by atoms with Crippen LogP contribution in [0.4, 0.5) is 0 Å². The fraction of sp³-hybridized carbons (Fsp3) is 0.158. The van der Waals surface area contributed by atoms with Crippen LogP contribution in [0.1, 0.15) is 12.5 Å². The summed E-state index contributed by atoms with van der Waals surface area (Å²) in [6.45, 7) is 2.02. The third kappa shape index (κ3) is 4.56. The number of aromatic nitrogens is 2. The zero-order valence-corrected chi connectivity index (χ0v) is 15.5. The predicted octanol–water partition coefficient (Wildman–Crippen LogP) is 4.26. The quantitative estimate of drug-likeness (QED) is 0.684. The van der Waals surface area contributed by atoms with Gasteiger partial charge in [0.2, 0.25) is 0 Å². The van der Waals surface area contributed by atoms with E-state index in [0.717, 1.165) is 11.3 Å². The molecule has 0 saturated carbocycles. The Kier molecular flexibility index (Phi) is 5.81. The average Bonchev–Trinajstić information content (AvgIpc) is 3.11. The molecule has 26 heavy (non-hydrogen) atoms. The highest BCUT2D eigenvalue weighted by Gasteiger charge is 2.16. The van der Waals surface area contributed by atoms with Crippen LogP contribution in [-0.4, -0.2) is 21.8 Å². The van der Waals surface area contributed by atoms with Crippen LogP contribution in [0.3, 0.4) is 0 Å². The van der Waals surface area contributed by atoms with Crippen LogP contribution < -0.4 is 10.1 Å². The van der Waals surface area contributed by atoms with Crippen molar-refractivity contribution in [2.75, 3.05) is 0 Å². The lowest BCUT2D eigenvalue weighted by molar-refractivity contribution is -0.127. The van der Waals surface area contributed by atoms with Gasteiger partial charge >= 0.3 is 0 Å². The second-order valence-corrected chi connectivity index (χ2v) is 6.52. The number of rotatable bonds is 6. The largest absolute Gasteiger partial charge is 0.479 e. The number of hydrogen-bond acceptors (Lipinski definition) is 3. The minimum Gasteiger partial charge on any atom is -0.479 e. The number of hydrogen-bond donors (Lipinski definition) is 1. The summed E-state index contributed by atoms with van der Waals surface area (Å²) in [7, 11) is 0. The summed E-state index contributed by atoms with van der Waals surface area (Å²) in [6, 6.07) is 14.6. The lowest BCUT2D eigenvalue weighted by Gasteiger charge is -2.15. The number of benzene rings is 2. The first-order valence-electron chi connectivity index (χ1n) is 8.01. The zero-order valence-electron chi connectivity index (χ0n) is 14.0. The molecule has 7 heteroatoms. The van der Waals surface area contributed by atoms with Crippen molar-refractivity contribution in [3.63, 3.8) is 0 Å². The monoisotopic (exact) mass is 389 g/mol. The molecule has 1 amide bonds. The molecule has 0 aliphatic heterocycles. The Morgan fingerprint density at radius 2 is 2.00 bits per heavy atom. The molecule has 1 aromatic heterocycles. The Bertz CT molecular complexity index is 897. The molecule has 1 heterocycles. The van der Waals surface area contributed by atoms with Crippen molar-refractivity contribution in [3.8, 4) is 11.4 Å². The van der Waals surface area contributed by atoms with Crippen LogP contribution in [0.25, 0.3) is 5.69 Å². The number of ether oxygens (including phenoxy) is 1. The fourth-order valence-corrected chi connectivity index (χ4v) is 2.77. The molecule has 3 rings (SSSR count). The molecule has 0 saturated heterocycles. The van der Waals surface area contributed by atoms with Gasteiger partial charge in [0, 0.05) is 23.3 Å². The smallest absolute Gasteiger partial charge is 0.261 e. The zero-order chi connectivity index (χ0) is 18.5. The minimum absolute atomic E-state index is 0.247. The molecule has 0 aliphatic carbocycles. The maximum atomic E-state index is 12.2. The second kappa shape index (κ2) is 8.25. The third-order valence-electron chi connectivity index (χ3n) is 3.69. The molecule has 0 aliphatic rings. The van der Waals surface area contributed by atoms with Gasteiger partial charge in [-0.1, -0.05) is 41.4 Å². The van der Waals surface area contributed by atoms with Gasteiger partial charge in [0.05, 0.1) is 16.9 Å². The number of carbonyl (C=O) groups excluding carboxylic acids is 1. The molecule has 0 bridgehead atoms. The van der Waals surface area contributed by atoms with Gasteiger partial charge < -0.3 is 10.1 Å². The molecule has 0 radical (unpaired) electrons. The summed E-state index contributed by atoms with van der Waals surface area (Å²) >= 11 is 11.9. The highest BCUT2D eigenvalue weighted by molar-refractivity contribution is 6.35. The first-order valence-corrected chi connectivity index (χ1v) is 8.77. The normalized spacial score (nSPS) is 11.8. The van der Waals surface area contributed by atoms with Crippen molar-refractivity contribution >= 4 is 29.1 Å². The van der Waals surface area contributed by atoms with Gasteiger partial charge in [-0.25, -0.2) is 4.68 Å². The molecule has 0 fully saturated rings. The van der Waals surface area contributed by atoms with Crippen LogP contribution in [0.2, 0.25) is 10.0 Å². The van der Waals surface area contributed by atoms with Gasteiger partial charge in [-0.15, -0.1) is 0 Å². The van der Waals surface area contributed by atoms with E-state index in [2.05, 4.69) is 10.4 Å². The van der Waals surface area contributed by atoms with E-state index < -0.39 is 6.10 Å². The van der Waals surface area contributed by atoms with Crippen molar-refractivity contribution in [2.24, 2.45) is 0 Å². The Labute approximate surface area is 161 Å². The van der Waals surface area contributed by atoms with E-state index in [9.17, 15) is 4.79 Å². The molecule has 0 spiro atoms. The van der Waals surface area contributed by atoms with Crippen molar-refractivity contribution < 1.29 is 9.53 Å². The molecular weight excluding hydrogens is 373 g/mol. The van der Waals surface area contributed by atoms with Gasteiger partial charge in [0.25, 0.3) is 5.91 Å². The molecular formula is C19H17Cl2N3O2. The summed E-state index contributed by atoms with van der Waals surface area (Å²) in [6.07, 6.45) is 2.89. The van der Waals surface area contributed by atoms with Gasteiger partial charge in [-0.3, -0.25) is 4.79 Å². The number of nitrogens with one attached hydrogen (secondary N) is 1. The van der Waals surface area contributed by atoms with Crippen LogP contribution in [-0.2, 0) is 11.3 Å². The van der Waals surface area contributed by atoms with Crippen molar-refractivity contribution in [1.82, 2.24) is 15.1 Å². The molecule has 5 nitrogen and oxygen atoms in total. The lowest BCUT2D eigenvalue weighted by Crippen LogP contribution is -2.35. The number of amides is 1. The summed E-state index contributed by atoms with van der Waals surface area (Å²) in [5, 5.41) is 8.00. The third-order valence-corrected chi connectivity index (χ3v) is 4.22. The van der Waals surface area contributed by atoms with E-state index in [0.29, 0.717) is 22.3 Å². The van der Waals surface area contributed by atoms with E-state index in [-0.39, 0.29) is 5.91 Å². The number of nitrogens with zero attached hydrogens (tertiary/aromatic N) is 2. The number of carbonyl (C=O) groups is 1. The van der Waals surface area contributed by atoms with Crippen LogP contribution in [0, 0.1) is 0 Å². The standard InChI is InChI=1S/C19H17Cl2N3O2/c1-13(26-18-8-7-15(20)9-17(18)21)19(25)22-10-14-11-23-24(12-14)16-5-3-2-4-6-16/h2-9,11-13H,10H2,1H3,(H,22,25)/t13-/m1/s1. The van der Waals surface area contributed by atoms with Crippen molar-refractivity contribution in [3.05, 3.63) is 76.5 Å². The van der Waals surface area contributed by atoms with Crippen molar-refractivity contribution in [1.29, 1.82) is 0 Å². The molecule has 2 aromatic carbocycles. The lowest BCUT2D eigenvalue weighted by atomic mass is 10.3. The molecule has 3 aromatic rings. The first kappa shape index (κ1) is 18.3. The van der Waals surface area contributed by atoms with Crippen LogP contribution in [0.15, 0.2) is 60.9 Å². The molecule has 0 unspecified atom stereocenters. The Morgan fingerprint density at radius 3 is 2.73 bits per heavy atom. The summed E-state index contributed by atoms with van der Waals surface area (Å²) < 4.78 is 7.36. The Balaban J connectivity index is 1.56. The maximum absolute atomic E-state index is 12.2. The molecule has 1 N–H and O–H groups in total. The maximum Gasteiger partial charge on any atom is 0.261 e. The first-order chi connectivity index (χ1) is 12.5. The fourth-order valence-electron chi connectivity index (χ4n) is 2.32. The van der Waals surface area contributed by atoms with E-state index in [4.69, 9.17) is 27.9 Å². The Morgan fingerprint density at radius 1 is 1.23 bits per heavy atom. The minimum atomic E-state index is -0.696. The van der Waals surface area contributed by atoms with E-state index in [1.54, 1.807) is 36.0 Å². The van der Waals surface area contributed by atoms with Gasteiger partial charge in [-0.05, 0) is 37.3 Å². The van der Waals surface area contributed by atoms with E-state index >= 15 is 0 Å². The van der Waals surface area contributed by atoms with Crippen molar-refractivity contribution in [2.45, 2.75) is 19.6 Å². The van der Waals surface area contributed by atoms with E-state index in [1.807, 2.05) is 36.5 Å². The van der Waals surface area contributed by atoms with Gasteiger partial charge in [0.15, 0.2) is 6.10 Å². The number of halogens is 2. The Hall–Kier alpha value is -2.50. The van der Waals surface area contributed by atoms with E-state index in [1.165, 1.54) is 0 Å². The van der Waals surface area contributed by atoms with Gasteiger partial charge in [0.1, 0.15) is 5.75 Å². The highest BCUT2D eigenvalue weighted by atomic mass is 35.5. The van der Waals surface area contributed by atoms with Gasteiger partial charge in [-0.2, -0.15) is 5.10 Å². The SMILES string of the molecule is C[C@@H](Oc1ccc(Cl)cc1Cl)C(=O)NCc1cnn(-c2ccccc2)c1. The summed E-state index contributed by atoms with van der Waals surface area (Å²) in [5.74, 6) is 0.166. The molecule has 134 valence electrons. The predicted molar refractivity (Wildman–Crippen MR) is 102 cm³/mol.